The Labute approximate surface area is 136 Å². The average Bonchev–Trinajstić information content (AvgIpc) is 2.78. The number of carbonyl (C=O) groups is 1. The van der Waals surface area contributed by atoms with Crippen LogP contribution in [0.1, 0.15) is 35.9 Å². The fraction of sp³-hybridized carbons (Fsp3) is 0.267. The summed E-state index contributed by atoms with van der Waals surface area (Å²) in [7, 11) is 0. The third kappa shape index (κ3) is 3.47. The molecule has 1 N–H and O–H groups in total. The molecule has 6 heteroatoms. The molecule has 1 heterocycles. The molecule has 0 atom stereocenters. The van der Waals surface area contributed by atoms with Crippen LogP contribution in [0.5, 0.6) is 0 Å². The van der Waals surface area contributed by atoms with Crippen LogP contribution in [-0.2, 0) is 0 Å². The van der Waals surface area contributed by atoms with Crippen LogP contribution in [0.3, 0.4) is 0 Å². The maximum absolute atomic E-state index is 13.6. The highest BCUT2D eigenvalue weighted by atomic mass is 79.9. The zero-order chi connectivity index (χ0) is 15.7. The Kier molecular flexibility index (Phi) is 4.74. The lowest BCUT2D eigenvalue weighted by atomic mass is 10.2. The van der Waals surface area contributed by atoms with Gasteiger partial charge >= 0.3 is 0 Å². The molecule has 0 aliphatic carbocycles. The summed E-state index contributed by atoms with van der Waals surface area (Å²) in [6.07, 6.45) is 1.70. The number of nitrogens with one attached hydrogen (secondary N) is 1. The molecule has 0 saturated heterocycles. The van der Waals surface area contributed by atoms with Gasteiger partial charge in [-0.15, -0.1) is 0 Å². The molecule has 2 aromatic rings. The number of hydrogen-bond donors (Lipinski definition) is 1. The van der Waals surface area contributed by atoms with Gasteiger partial charge < -0.3 is 9.88 Å². The van der Waals surface area contributed by atoms with E-state index in [1.165, 1.54) is 6.07 Å². The van der Waals surface area contributed by atoms with E-state index in [1.807, 2.05) is 13.8 Å². The van der Waals surface area contributed by atoms with E-state index in [1.54, 1.807) is 29.8 Å². The lowest BCUT2D eigenvalue weighted by Crippen LogP contribution is -2.18. The molecule has 0 fully saturated rings. The Hall–Kier alpha value is -1.33. The lowest BCUT2D eigenvalue weighted by molar-refractivity contribution is 0.101. The van der Waals surface area contributed by atoms with Crippen LogP contribution in [-0.4, -0.2) is 10.5 Å². The number of amides is 1. The Morgan fingerprint density at radius 2 is 2.05 bits per heavy atom. The SMILES string of the molecule is Cc1cc(Br)c(F)cc1NC(=O)c1cc(Cl)cn1C(C)C. The van der Waals surface area contributed by atoms with Gasteiger partial charge in [0.05, 0.1) is 9.50 Å². The van der Waals surface area contributed by atoms with Crippen LogP contribution in [0, 0.1) is 12.7 Å². The molecule has 1 amide bonds. The predicted molar refractivity (Wildman–Crippen MR) is 86.6 cm³/mol. The fourth-order valence-corrected chi connectivity index (χ4v) is 2.69. The number of hydrogen-bond acceptors (Lipinski definition) is 1. The normalized spacial score (nSPS) is 11.0. The second-order valence-corrected chi connectivity index (χ2v) is 6.37. The average molecular weight is 374 g/mol. The molecule has 0 aliphatic rings. The zero-order valence-corrected chi connectivity index (χ0v) is 14.2. The highest BCUT2D eigenvalue weighted by molar-refractivity contribution is 9.10. The van der Waals surface area contributed by atoms with Crippen molar-refractivity contribution in [2.45, 2.75) is 26.8 Å². The fourth-order valence-electron chi connectivity index (χ4n) is 2.02. The molecule has 0 spiro atoms. The van der Waals surface area contributed by atoms with Crippen LogP contribution >= 0.6 is 27.5 Å². The molecule has 1 aromatic carbocycles. The molecule has 0 aliphatic heterocycles. The quantitative estimate of drug-likeness (QED) is 0.790. The molecular weight excluding hydrogens is 359 g/mol. The van der Waals surface area contributed by atoms with E-state index >= 15 is 0 Å². The van der Waals surface area contributed by atoms with Gasteiger partial charge in [0.15, 0.2) is 0 Å². The van der Waals surface area contributed by atoms with E-state index in [2.05, 4.69) is 21.2 Å². The van der Waals surface area contributed by atoms with E-state index in [-0.39, 0.29) is 11.9 Å². The first-order valence-electron chi connectivity index (χ1n) is 6.44. The molecule has 112 valence electrons. The van der Waals surface area contributed by atoms with Crippen molar-refractivity contribution in [3.8, 4) is 0 Å². The van der Waals surface area contributed by atoms with Crippen molar-refractivity contribution in [3.05, 3.63) is 51.0 Å². The Morgan fingerprint density at radius 1 is 1.38 bits per heavy atom. The van der Waals surface area contributed by atoms with Crippen molar-refractivity contribution in [1.29, 1.82) is 0 Å². The van der Waals surface area contributed by atoms with Crippen molar-refractivity contribution in [1.82, 2.24) is 4.57 Å². The number of aryl methyl sites for hydroxylation is 1. The Bertz CT molecular complexity index is 697. The first kappa shape index (κ1) is 16.0. The van der Waals surface area contributed by atoms with Crippen LogP contribution in [0.2, 0.25) is 5.02 Å². The van der Waals surface area contributed by atoms with Gasteiger partial charge in [-0.25, -0.2) is 4.39 Å². The number of halogens is 3. The molecule has 0 bridgehead atoms. The number of rotatable bonds is 3. The number of nitrogens with zero attached hydrogens (tertiary/aromatic N) is 1. The van der Waals surface area contributed by atoms with Gasteiger partial charge in [0, 0.05) is 17.9 Å². The summed E-state index contributed by atoms with van der Waals surface area (Å²) >= 11 is 9.08. The topological polar surface area (TPSA) is 34.0 Å². The third-order valence-corrected chi connectivity index (χ3v) is 3.93. The highest BCUT2D eigenvalue weighted by Gasteiger charge is 2.16. The van der Waals surface area contributed by atoms with E-state index < -0.39 is 5.82 Å². The molecule has 0 saturated carbocycles. The van der Waals surface area contributed by atoms with Crippen molar-refractivity contribution in [3.63, 3.8) is 0 Å². The van der Waals surface area contributed by atoms with Crippen molar-refractivity contribution in [2.24, 2.45) is 0 Å². The van der Waals surface area contributed by atoms with Gasteiger partial charge in [0.2, 0.25) is 0 Å². The lowest BCUT2D eigenvalue weighted by Gasteiger charge is -2.14. The first-order valence-corrected chi connectivity index (χ1v) is 7.61. The summed E-state index contributed by atoms with van der Waals surface area (Å²) in [6, 6.07) is 4.61. The summed E-state index contributed by atoms with van der Waals surface area (Å²) in [6.45, 7) is 5.71. The van der Waals surface area contributed by atoms with Gasteiger partial charge in [-0.1, -0.05) is 11.6 Å². The van der Waals surface area contributed by atoms with Gasteiger partial charge in [0.1, 0.15) is 11.5 Å². The molecule has 0 radical (unpaired) electrons. The number of aromatic nitrogens is 1. The predicted octanol–water partition coefficient (Wildman–Crippen LogP) is 5.18. The van der Waals surface area contributed by atoms with Crippen molar-refractivity contribution < 1.29 is 9.18 Å². The highest BCUT2D eigenvalue weighted by Crippen LogP contribution is 2.25. The minimum atomic E-state index is -0.423. The smallest absolute Gasteiger partial charge is 0.272 e. The van der Waals surface area contributed by atoms with Crippen molar-refractivity contribution >= 4 is 39.1 Å². The van der Waals surface area contributed by atoms with Crippen LogP contribution in [0.15, 0.2) is 28.9 Å². The van der Waals surface area contributed by atoms with Gasteiger partial charge in [0.25, 0.3) is 5.91 Å². The van der Waals surface area contributed by atoms with E-state index in [0.717, 1.165) is 5.56 Å². The monoisotopic (exact) mass is 372 g/mol. The van der Waals surface area contributed by atoms with E-state index in [4.69, 9.17) is 11.6 Å². The summed E-state index contributed by atoms with van der Waals surface area (Å²) in [5.41, 5.74) is 1.65. The Morgan fingerprint density at radius 3 is 2.67 bits per heavy atom. The molecule has 1 aromatic heterocycles. The summed E-state index contributed by atoms with van der Waals surface area (Å²) in [5.74, 6) is -0.742. The maximum Gasteiger partial charge on any atom is 0.272 e. The molecule has 3 nitrogen and oxygen atoms in total. The standard InChI is InChI=1S/C15H15BrClFN2O/c1-8(2)20-7-10(17)5-14(20)15(21)19-13-6-12(18)11(16)4-9(13)3/h4-8H,1-3H3,(H,19,21). The van der Waals surface area contributed by atoms with Crippen LogP contribution in [0.4, 0.5) is 10.1 Å². The zero-order valence-electron chi connectivity index (χ0n) is 11.9. The second kappa shape index (κ2) is 6.20. The van der Waals surface area contributed by atoms with Gasteiger partial charge in [-0.05, 0) is 60.5 Å². The van der Waals surface area contributed by atoms with Crippen LogP contribution in [0.25, 0.3) is 0 Å². The molecule has 21 heavy (non-hydrogen) atoms. The third-order valence-electron chi connectivity index (χ3n) is 3.12. The number of benzene rings is 1. The molecular formula is C15H15BrClFN2O. The second-order valence-electron chi connectivity index (χ2n) is 5.08. The summed E-state index contributed by atoms with van der Waals surface area (Å²) < 4.78 is 15.7. The van der Waals surface area contributed by atoms with E-state index in [0.29, 0.717) is 20.9 Å². The first-order chi connectivity index (χ1) is 9.79. The molecule has 2 rings (SSSR count). The summed E-state index contributed by atoms with van der Waals surface area (Å²) in [4.78, 5) is 12.4. The molecule has 0 unspecified atom stereocenters. The minimum absolute atomic E-state index is 0.0981. The Balaban J connectivity index is 2.33. The maximum atomic E-state index is 13.6. The number of carbonyl (C=O) groups excluding carboxylic acids is 1. The largest absolute Gasteiger partial charge is 0.339 e. The van der Waals surface area contributed by atoms with Crippen molar-refractivity contribution in [2.75, 3.05) is 5.32 Å². The van der Waals surface area contributed by atoms with Gasteiger partial charge in [-0.3, -0.25) is 4.79 Å². The minimum Gasteiger partial charge on any atom is -0.339 e. The van der Waals surface area contributed by atoms with E-state index in [9.17, 15) is 9.18 Å². The number of anilines is 1. The van der Waals surface area contributed by atoms with Crippen LogP contribution < -0.4 is 5.32 Å². The summed E-state index contributed by atoms with van der Waals surface area (Å²) in [5, 5.41) is 3.22. The van der Waals surface area contributed by atoms with Gasteiger partial charge in [-0.2, -0.15) is 0 Å².